The van der Waals surface area contributed by atoms with Crippen LogP contribution < -0.4 is 10.1 Å². The van der Waals surface area contributed by atoms with Crippen LogP contribution >= 0.6 is 12.4 Å². The molecular formula is C27H29ClN2O2. The van der Waals surface area contributed by atoms with Gasteiger partial charge in [0.15, 0.2) is 0 Å². The number of fused-ring (bicyclic) bond motifs is 3. The van der Waals surface area contributed by atoms with E-state index in [1.54, 1.807) is 0 Å². The Morgan fingerprint density at radius 1 is 0.938 bits per heavy atom. The Balaban J connectivity index is 0.00000245. The summed E-state index contributed by atoms with van der Waals surface area (Å²) in [4.78, 5) is 15.1. The average Bonchev–Trinajstić information content (AvgIpc) is 2.81. The predicted octanol–water partition coefficient (Wildman–Crippen LogP) is 6.41. The van der Waals surface area contributed by atoms with Crippen LogP contribution in [0.1, 0.15) is 41.9 Å². The number of hydrogen-bond acceptors (Lipinski definition) is 3. The topological polar surface area (TPSA) is 41.6 Å². The van der Waals surface area contributed by atoms with Gasteiger partial charge in [-0.25, -0.2) is 4.79 Å². The van der Waals surface area contributed by atoms with Crippen LogP contribution in [0.4, 0.5) is 10.5 Å². The summed E-state index contributed by atoms with van der Waals surface area (Å²) in [6.45, 7) is 2.16. The number of rotatable bonds is 4. The van der Waals surface area contributed by atoms with E-state index in [-0.39, 0.29) is 12.4 Å². The summed E-state index contributed by atoms with van der Waals surface area (Å²) in [5.41, 5.74) is 4.68. The monoisotopic (exact) mass is 448 g/mol. The van der Waals surface area contributed by atoms with Gasteiger partial charge < -0.3 is 4.74 Å². The van der Waals surface area contributed by atoms with Crippen molar-refractivity contribution in [1.82, 2.24) is 4.90 Å². The number of para-hydroxylation sites is 1. The Labute approximate surface area is 196 Å². The molecule has 1 fully saturated rings. The van der Waals surface area contributed by atoms with Crippen molar-refractivity contribution in [1.29, 1.82) is 0 Å². The summed E-state index contributed by atoms with van der Waals surface area (Å²) in [7, 11) is 0. The van der Waals surface area contributed by atoms with Crippen molar-refractivity contribution in [2.75, 3.05) is 11.9 Å². The van der Waals surface area contributed by atoms with E-state index in [0.717, 1.165) is 31.6 Å². The van der Waals surface area contributed by atoms with Gasteiger partial charge in [0.1, 0.15) is 5.75 Å². The van der Waals surface area contributed by atoms with E-state index >= 15 is 0 Å². The van der Waals surface area contributed by atoms with Crippen LogP contribution in [-0.4, -0.2) is 23.6 Å². The molecule has 0 spiro atoms. The van der Waals surface area contributed by atoms with Gasteiger partial charge in [0.05, 0.1) is 0 Å². The van der Waals surface area contributed by atoms with E-state index in [2.05, 4.69) is 46.6 Å². The van der Waals surface area contributed by atoms with Crippen LogP contribution in [0.15, 0.2) is 78.9 Å². The van der Waals surface area contributed by atoms with Gasteiger partial charge in [-0.3, -0.25) is 10.2 Å². The highest BCUT2D eigenvalue weighted by Crippen LogP contribution is 2.43. The molecule has 166 valence electrons. The van der Waals surface area contributed by atoms with E-state index in [1.807, 2.05) is 42.5 Å². The molecule has 0 aromatic heterocycles. The van der Waals surface area contributed by atoms with Gasteiger partial charge in [-0.05, 0) is 73.0 Å². The second-order valence-corrected chi connectivity index (χ2v) is 8.52. The van der Waals surface area contributed by atoms with Crippen LogP contribution in [0.5, 0.6) is 5.75 Å². The lowest BCUT2D eigenvalue weighted by atomic mass is 9.74. The number of piperidine rings is 1. The largest absolute Gasteiger partial charge is 0.417 e. The number of anilines is 1. The van der Waals surface area contributed by atoms with Crippen molar-refractivity contribution >= 4 is 24.2 Å². The Morgan fingerprint density at radius 3 is 2.47 bits per heavy atom. The Bertz CT molecular complexity index is 1040. The summed E-state index contributed by atoms with van der Waals surface area (Å²) in [5.74, 6) is 1.20. The van der Waals surface area contributed by atoms with Crippen LogP contribution in [-0.2, 0) is 13.0 Å². The van der Waals surface area contributed by atoms with Crippen LogP contribution in [0, 0.1) is 0 Å². The number of likely N-dealkylation sites (tertiary alicyclic amines) is 1. The van der Waals surface area contributed by atoms with Gasteiger partial charge >= 0.3 is 6.09 Å². The zero-order valence-corrected chi connectivity index (χ0v) is 18.9. The van der Waals surface area contributed by atoms with E-state index in [1.165, 1.54) is 29.5 Å². The maximum Gasteiger partial charge on any atom is 0.417 e. The normalized spacial score (nSPS) is 19.8. The lowest BCUT2D eigenvalue weighted by Crippen LogP contribution is -2.45. The van der Waals surface area contributed by atoms with Crippen molar-refractivity contribution in [3.8, 4) is 5.75 Å². The molecule has 3 aromatic carbocycles. The Kier molecular flexibility index (Phi) is 7.13. The molecule has 4 nitrogen and oxygen atoms in total. The number of nitrogens with one attached hydrogen (secondary N) is 1. The molecule has 1 N–H and O–H groups in total. The quantitative estimate of drug-likeness (QED) is 0.501. The molecule has 0 radical (unpaired) electrons. The average molecular weight is 449 g/mol. The van der Waals surface area contributed by atoms with E-state index < -0.39 is 6.09 Å². The SMILES string of the molecule is Cl.O=C(Nc1ccccc1)Oc1cccc2c1CC[C@H]1[C@H]2CCCN1Cc1ccccc1. The number of carbonyl (C=O) groups excluding carboxylic acids is 1. The first-order valence-electron chi connectivity index (χ1n) is 11.2. The number of halogens is 1. The Hall–Kier alpha value is -2.82. The molecule has 5 heteroatoms. The highest BCUT2D eigenvalue weighted by atomic mass is 35.5. The minimum atomic E-state index is -0.434. The lowest BCUT2D eigenvalue weighted by Gasteiger charge is -2.45. The van der Waals surface area contributed by atoms with Crippen LogP contribution in [0.2, 0.25) is 0 Å². The van der Waals surface area contributed by atoms with Crippen molar-refractivity contribution < 1.29 is 9.53 Å². The second kappa shape index (κ2) is 10.2. The minimum Gasteiger partial charge on any atom is -0.410 e. The van der Waals surface area contributed by atoms with Crippen molar-refractivity contribution in [3.63, 3.8) is 0 Å². The maximum atomic E-state index is 12.5. The smallest absolute Gasteiger partial charge is 0.410 e. The fourth-order valence-electron chi connectivity index (χ4n) is 5.24. The standard InChI is InChI=1S/C27H28N2O2.ClH/c30-27(28-21-11-5-2-6-12-21)31-26-15-7-13-22-23-14-8-18-29(25(23)17-16-24(22)26)19-20-9-3-1-4-10-20;/h1-7,9-13,15,23,25H,8,14,16-19H2,(H,28,30);1H/t23-,25-;/m0./s1. The minimum absolute atomic E-state index is 0. The first kappa shape index (κ1) is 22.4. The molecular weight excluding hydrogens is 420 g/mol. The molecule has 2 aliphatic rings. The molecule has 0 unspecified atom stereocenters. The van der Waals surface area contributed by atoms with Crippen LogP contribution in [0.25, 0.3) is 0 Å². The molecule has 3 aromatic rings. The van der Waals surface area contributed by atoms with Gasteiger partial charge in [-0.1, -0.05) is 60.7 Å². The molecule has 1 aliphatic carbocycles. The lowest BCUT2D eigenvalue weighted by molar-refractivity contribution is 0.104. The summed E-state index contributed by atoms with van der Waals surface area (Å²) in [6.07, 6.45) is 4.01. The second-order valence-electron chi connectivity index (χ2n) is 8.52. The number of hydrogen-bond donors (Lipinski definition) is 1. The molecule has 1 aliphatic heterocycles. The molecule has 1 saturated heterocycles. The third-order valence-corrected chi connectivity index (χ3v) is 6.60. The fraction of sp³-hybridized carbons (Fsp3) is 0.296. The van der Waals surface area contributed by atoms with Gasteiger partial charge in [-0.2, -0.15) is 0 Å². The molecule has 1 amide bonds. The van der Waals surface area contributed by atoms with Crippen molar-refractivity contribution in [3.05, 3.63) is 95.6 Å². The molecule has 2 atom stereocenters. The maximum absolute atomic E-state index is 12.5. The molecule has 1 heterocycles. The van der Waals surface area contributed by atoms with Gasteiger partial charge in [-0.15, -0.1) is 12.4 Å². The zero-order chi connectivity index (χ0) is 21.0. The number of nitrogens with zero attached hydrogens (tertiary/aromatic N) is 1. The highest BCUT2D eigenvalue weighted by Gasteiger charge is 2.37. The molecule has 5 rings (SSSR count). The fourth-order valence-corrected chi connectivity index (χ4v) is 5.24. The summed E-state index contributed by atoms with van der Waals surface area (Å²) in [5, 5.41) is 2.82. The third kappa shape index (κ3) is 4.82. The van der Waals surface area contributed by atoms with Crippen LogP contribution in [0.3, 0.4) is 0 Å². The van der Waals surface area contributed by atoms with E-state index in [4.69, 9.17) is 4.74 Å². The summed E-state index contributed by atoms with van der Waals surface area (Å²) >= 11 is 0. The summed E-state index contributed by atoms with van der Waals surface area (Å²) < 4.78 is 5.76. The van der Waals surface area contributed by atoms with E-state index in [9.17, 15) is 4.79 Å². The number of amides is 1. The molecule has 0 bridgehead atoms. The molecule has 0 saturated carbocycles. The summed E-state index contributed by atoms with van der Waals surface area (Å²) in [6, 6.07) is 26.9. The first-order chi connectivity index (χ1) is 15.3. The van der Waals surface area contributed by atoms with Crippen molar-refractivity contribution in [2.24, 2.45) is 0 Å². The van der Waals surface area contributed by atoms with Crippen molar-refractivity contribution in [2.45, 2.75) is 44.2 Å². The number of benzene rings is 3. The van der Waals surface area contributed by atoms with Gasteiger partial charge in [0.25, 0.3) is 0 Å². The third-order valence-electron chi connectivity index (χ3n) is 6.60. The highest BCUT2D eigenvalue weighted by molar-refractivity contribution is 5.86. The van der Waals surface area contributed by atoms with E-state index in [0.29, 0.717) is 17.7 Å². The first-order valence-corrected chi connectivity index (χ1v) is 11.2. The van der Waals surface area contributed by atoms with Gasteiger partial charge in [0.2, 0.25) is 0 Å². The molecule has 32 heavy (non-hydrogen) atoms. The number of ether oxygens (including phenoxy) is 1. The zero-order valence-electron chi connectivity index (χ0n) is 18.1. The predicted molar refractivity (Wildman–Crippen MR) is 131 cm³/mol. The van der Waals surface area contributed by atoms with Gasteiger partial charge in [0, 0.05) is 18.3 Å². The number of carbonyl (C=O) groups is 1. The Morgan fingerprint density at radius 2 is 1.69 bits per heavy atom.